The Labute approximate surface area is 117 Å². The summed E-state index contributed by atoms with van der Waals surface area (Å²) >= 11 is 0. The number of nitrogens with zero attached hydrogens (tertiary/aromatic N) is 1. The Kier molecular flexibility index (Phi) is 3.49. The zero-order chi connectivity index (χ0) is 13.9. The molecule has 1 fully saturated rings. The minimum absolute atomic E-state index is 0.256. The third-order valence-electron chi connectivity index (χ3n) is 3.75. The third kappa shape index (κ3) is 2.71. The van der Waals surface area contributed by atoms with Gasteiger partial charge in [-0.05, 0) is 30.2 Å². The molecule has 0 bridgehead atoms. The second-order valence-corrected chi connectivity index (χ2v) is 5.16. The highest BCUT2D eigenvalue weighted by molar-refractivity contribution is 5.34. The lowest BCUT2D eigenvalue weighted by atomic mass is 10.1. The maximum Gasteiger partial charge on any atom is 0.127 e. The molecule has 3 rings (SSSR count). The highest BCUT2D eigenvalue weighted by Crippen LogP contribution is 2.40. The lowest BCUT2D eigenvalue weighted by Crippen LogP contribution is -2.18. The lowest BCUT2D eigenvalue weighted by molar-refractivity contribution is 0.584. The molecule has 0 radical (unpaired) electrons. The molecule has 0 amide bonds. The molecule has 0 saturated heterocycles. The number of rotatable bonds is 4. The Morgan fingerprint density at radius 3 is 2.75 bits per heavy atom. The summed E-state index contributed by atoms with van der Waals surface area (Å²) in [5.74, 6) is 0.270. The molecule has 100 valence electrons. The molecule has 0 spiro atoms. The zero-order valence-corrected chi connectivity index (χ0v) is 11.0. The molecular formula is C17H15FN2. The van der Waals surface area contributed by atoms with Crippen molar-refractivity contribution in [1.82, 2.24) is 5.32 Å². The second kappa shape index (κ2) is 5.44. The predicted octanol–water partition coefficient (Wildman–Crippen LogP) is 3.34. The number of benzene rings is 2. The largest absolute Gasteiger partial charge is 0.309 e. The van der Waals surface area contributed by atoms with Crippen LogP contribution in [-0.2, 0) is 6.54 Å². The van der Waals surface area contributed by atoms with Gasteiger partial charge in [-0.3, -0.25) is 0 Å². The average molecular weight is 266 g/mol. The monoisotopic (exact) mass is 266 g/mol. The Balaban J connectivity index is 1.61. The molecule has 2 aromatic rings. The van der Waals surface area contributed by atoms with Gasteiger partial charge < -0.3 is 5.32 Å². The van der Waals surface area contributed by atoms with Crippen LogP contribution in [0.2, 0.25) is 0 Å². The van der Waals surface area contributed by atoms with Gasteiger partial charge in [-0.2, -0.15) is 5.26 Å². The van der Waals surface area contributed by atoms with Crippen molar-refractivity contribution in [3.05, 3.63) is 71.0 Å². The van der Waals surface area contributed by atoms with Crippen LogP contribution in [0.5, 0.6) is 0 Å². The summed E-state index contributed by atoms with van der Waals surface area (Å²) in [5, 5.41) is 12.2. The van der Waals surface area contributed by atoms with Crippen LogP contribution >= 0.6 is 0 Å². The molecule has 2 aromatic carbocycles. The highest BCUT2D eigenvalue weighted by Gasteiger charge is 2.37. The molecule has 1 aliphatic carbocycles. The molecule has 2 nitrogen and oxygen atoms in total. The van der Waals surface area contributed by atoms with Crippen LogP contribution in [0.4, 0.5) is 4.39 Å². The molecule has 0 aliphatic heterocycles. The second-order valence-electron chi connectivity index (χ2n) is 5.16. The normalized spacial score (nSPS) is 20.4. The van der Waals surface area contributed by atoms with Crippen molar-refractivity contribution in [1.29, 1.82) is 5.26 Å². The summed E-state index contributed by atoms with van der Waals surface area (Å²) in [6, 6.07) is 17.3. The van der Waals surface area contributed by atoms with E-state index < -0.39 is 0 Å². The summed E-state index contributed by atoms with van der Waals surface area (Å²) in [7, 11) is 0. The van der Waals surface area contributed by atoms with Crippen molar-refractivity contribution < 1.29 is 4.39 Å². The van der Waals surface area contributed by atoms with E-state index in [1.165, 1.54) is 17.7 Å². The summed E-state index contributed by atoms with van der Waals surface area (Å²) in [6.45, 7) is 0.468. The maximum atomic E-state index is 13.6. The number of hydrogen-bond donors (Lipinski definition) is 1. The van der Waals surface area contributed by atoms with Crippen molar-refractivity contribution in [2.45, 2.75) is 24.9 Å². The maximum absolute atomic E-state index is 13.6. The van der Waals surface area contributed by atoms with Gasteiger partial charge in [0.25, 0.3) is 0 Å². The minimum atomic E-state index is -0.256. The van der Waals surface area contributed by atoms with Gasteiger partial charge >= 0.3 is 0 Å². The minimum Gasteiger partial charge on any atom is -0.309 e. The van der Waals surface area contributed by atoms with E-state index in [4.69, 9.17) is 5.26 Å². The first-order chi connectivity index (χ1) is 9.78. The van der Waals surface area contributed by atoms with E-state index in [1.807, 2.05) is 24.3 Å². The van der Waals surface area contributed by atoms with Gasteiger partial charge in [0.1, 0.15) is 5.82 Å². The van der Waals surface area contributed by atoms with Crippen LogP contribution in [0.25, 0.3) is 0 Å². The Morgan fingerprint density at radius 1 is 1.20 bits per heavy atom. The van der Waals surface area contributed by atoms with Gasteiger partial charge in [0.2, 0.25) is 0 Å². The summed E-state index contributed by atoms with van der Waals surface area (Å²) < 4.78 is 13.6. The van der Waals surface area contributed by atoms with E-state index in [2.05, 4.69) is 17.4 Å². The van der Waals surface area contributed by atoms with Gasteiger partial charge in [-0.15, -0.1) is 0 Å². The van der Waals surface area contributed by atoms with E-state index in [9.17, 15) is 4.39 Å². The summed E-state index contributed by atoms with van der Waals surface area (Å²) in [4.78, 5) is 0. The van der Waals surface area contributed by atoms with Crippen LogP contribution in [0.1, 0.15) is 29.0 Å². The molecule has 1 N–H and O–H groups in total. The molecule has 20 heavy (non-hydrogen) atoms. The van der Waals surface area contributed by atoms with Crippen molar-refractivity contribution in [3.63, 3.8) is 0 Å². The molecule has 1 aliphatic rings. The SMILES string of the molecule is N#Cc1ccc(F)c(CNC2CC2c2ccccc2)c1. The van der Waals surface area contributed by atoms with Crippen molar-refractivity contribution in [2.24, 2.45) is 0 Å². The standard InChI is InChI=1S/C17H15FN2/c18-16-7-6-12(10-19)8-14(16)11-20-17-9-15(17)13-4-2-1-3-5-13/h1-8,15,17,20H,9,11H2. The third-order valence-corrected chi connectivity index (χ3v) is 3.75. The smallest absolute Gasteiger partial charge is 0.127 e. The van der Waals surface area contributed by atoms with E-state index in [0.29, 0.717) is 29.6 Å². The Bertz CT molecular complexity index is 646. The van der Waals surface area contributed by atoms with E-state index in [-0.39, 0.29) is 5.82 Å². The Hall–Kier alpha value is -2.18. The van der Waals surface area contributed by atoms with E-state index >= 15 is 0 Å². The number of nitrogens with one attached hydrogen (secondary N) is 1. The van der Waals surface area contributed by atoms with Gasteiger partial charge in [0.15, 0.2) is 0 Å². The quantitative estimate of drug-likeness (QED) is 0.921. The topological polar surface area (TPSA) is 35.8 Å². The van der Waals surface area contributed by atoms with E-state index in [1.54, 1.807) is 6.07 Å². The zero-order valence-electron chi connectivity index (χ0n) is 11.0. The molecule has 2 atom stereocenters. The number of nitriles is 1. The van der Waals surface area contributed by atoms with Gasteiger partial charge in [-0.25, -0.2) is 4.39 Å². The van der Waals surface area contributed by atoms with Crippen molar-refractivity contribution >= 4 is 0 Å². The fraction of sp³-hybridized carbons (Fsp3) is 0.235. The first-order valence-electron chi connectivity index (χ1n) is 6.75. The molecule has 0 heterocycles. The van der Waals surface area contributed by atoms with Crippen molar-refractivity contribution in [2.75, 3.05) is 0 Å². The van der Waals surface area contributed by atoms with Crippen LogP contribution in [0.3, 0.4) is 0 Å². The number of halogens is 1. The highest BCUT2D eigenvalue weighted by atomic mass is 19.1. The molecule has 1 saturated carbocycles. The molecular weight excluding hydrogens is 251 g/mol. The van der Waals surface area contributed by atoms with Gasteiger partial charge in [-0.1, -0.05) is 30.3 Å². The van der Waals surface area contributed by atoms with Crippen LogP contribution in [0.15, 0.2) is 48.5 Å². The fourth-order valence-corrected chi connectivity index (χ4v) is 2.51. The Morgan fingerprint density at radius 2 is 2.00 bits per heavy atom. The van der Waals surface area contributed by atoms with E-state index in [0.717, 1.165) is 6.42 Å². The molecule has 0 aromatic heterocycles. The van der Waals surface area contributed by atoms with Crippen molar-refractivity contribution in [3.8, 4) is 6.07 Å². The first kappa shape index (κ1) is 12.8. The summed E-state index contributed by atoms with van der Waals surface area (Å²) in [5.41, 5.74) is 2.39. The van der Waals surface area contributed by atoms with Gasteiger partial charge in [0, 0.05) is 24.1 Å². The lowest BCUT2D eigenvalue weighted by Gasteiger charge is -2.06. The summed E-state index contributed by atoms with van der Waals surface area (Å²) in [6.07, 6.45) is 1.09. The molecule has 3 heteroatoms. The van der Waals surface area contributed by atoms with Gasteiger partial charge in [0.05, 0.1) is 11.6 Å². The van der Waals surface area contributed by atoms with Crippen LogP contribution < -0.4 is 5.32 Å². The average Bonchev–Trinajstić information content (AvgIpc) is 3.27. The number of hydrogen-bond acceptors (Lipinski definition) is 2. The van der Waals surface area contributed by atoms with Crippen LogP contribution in [0, 0.1) is 17.1 Å². The fourth-order valence-electron chi connectivity index (χ4n) is 2.51. The van der Waals surface area contributed by atoms with Crippen LogP contribution in [-0.4, -0.2) is 6.04 Å². The molecule has 2 unspecified atom stereocenters. The predicted molar refractivity (Wildman–Crippen MR) is 75.5 cm³/mol. The first-order valence-corrected chi connectivity index (χ1v) is 6.75.